The van der Waals surface area contributed by atoms with Crippen LogP contribution in [-0.4, -0.2) is 123 Å². The summed E-state index contributed by atoms with van der Waals surface area (Å²) >= 11 is 1.09. The molecular weight excluding hydrogens is 1060 g/mol. The summed E-state index contributed by atoms with van der Waals surface area (Å²) in [7, 11) is 0. The second-order valence-corrected chi connectivity index (χ2v) is 24.1. The Morgan fingerprint density at radius 1 is 0.901 bits per heavy atom. The first-order valence-electron chi connectivity index (χ1n) is 28.7. The van der Waals surface area contributed by atoms with Gasteiger partial charge < -0.3 is 36.4 Å². The van der Waals surface area contributed by atoms with Crippen molar-refractivity contribution in [3.05, 3.63) is 69.6 Å². The number of amides is 9. The first kappa shape index (κ1) is 58.6. The Morgan fingerprint density at radius 2 is 1.67 bits per heavy atom. The molecule has 1 aromatic heterocycles. The maximum Gasteiger partial charge on any atom is 0.270 e. The van der Waals surface area contributed by atoms with Crippen LogP contribution < -0.4 is 27.0 Å². The number of benzene rings is 2. The van der Waals surface area contributed by atoms with Crippen molar-refractivity contribution < 1.29 is 56.7 Å². The predicted molar refractivity (Wildman–Crippen MR) is 296 cm³/mol. The number of halogens is 2. The Kier molecular flexibility index (Phi) is 18.3. The molecule has 1 saturated carbocycles. The van der Waals surface area contributed by atoms with E-state index >= 15 is 0 Å². The van der Waals surface area contributed by atoms with E-state index < -0.39 is 83.4 Å². The Bertz CT molecular complexity index is 3040. The van der Waals surface area contributed by atoms with Crippen LogP contribution in [0.25, 0.3) is 10.1 Å². The first-order valence-corrected chi connectivity index (χ1v) is 29.5. The number of thiophene rings is 1. The van der Waals surface area contributed by atoms with Gasteiger partial charge in [-0.25, -0.2) is 8.78 Å². The van der Waals surface area contributed by atoms with E-state index in [4.69, 9.17) is 5.73 Å². The van der Waals surface area contributed by atoms with Crippen molar-refractivity contribution in [2.24, 2.45) is 23.5 Å². The smallest absolute Gasteiger partial charge is 0.270 e. The minimum Gasteiger partial charge on any atom is -0.370 e. The van der Waals surface area contributed by atoms with Crippen LogP contribution in [0.2, 0.25) is 0 Å². The van der Waals surface area contributed by atoms with Gasteiger partial charge in [0.15, 0.2) is 5.78 Å². The second-order valence-electron chi connectivity index (χ2n) is 23.1. The van der Waals surface area contributed by atoms with Gasteiger partial charge in [0.2, 0.25) is 41.4 Å². The zero-order valence-corrected chi connectivity index (χ0v) is 46.8. The summed E-state index contributed by atoms with van der Waals surface area (Å²) in [5.74, 6) is -1.29. The molecule has 6 N–H and O–H groups in total. The number of alkyl halides is 2. The highest BCUT2D eigenvalue weighted by Crippen LogP contribution is 2.38. The topological polar surface area (TPSA) is 255 Å². The van der Waals surface area contributed by atoms with Gasteiger partial charge in [-0.2, -0.15) is 0 Å². The van der Waals surface area contributed by atoms with Crippen LogP contribution in [0.3, 0.4) is 0 Å². The van der Waals surface area contributed by atoms with Crippen LogP contribution >= 0.6 is 11.3 Å². The van der Waals surface area contributed by atoms with Gasteiger partial charge in [-0.1, -0.05) is 43.2 Å². The van der Waals surface area contributed by atoms with Crippen LogP contribution in [0.4, 0.5) is 8.78 Å². The molecule has 432 valence electrons. The first-order chi connectivity index (χ1) is 38.7. The van der Waals surface area contributed by atoms with E-state index in [0.717, 1.165) is 80.8 Å². The molecule has 0 radical (unpaired) electrons. The fourth-order valence-corrected chi connectivity index (χ4v) is 14.0. The molecule has 18 nitrogen and oxygen atoms in total. The summed E-state index contributed by atoms with van der Waals surface area (Å²) in [6.45, 7) is 3.42. The molecular formula is C60H72F2N8O10S. The molecule has 1 aliphatic carbocycles. The minimum atomic E-state index is -3.09. The number of nitrogens with zero attached hydrogens (tertiary/aromatic N) is 3. The molecule has 9 rings (SSSR count). The molecule has 4 saturated heterocycles. The third kappa shape index (κ3) is 13.8. The third-order valence-electron chi connectivity index (χ3n) is 17.4. The number of imide groups is 1. The lowest BCUT2D eigenvalue weighted by atomic mass is 9.76. The Labute approximate surface area is 473 Å². The van der Waals surface area contributed by atoms with Gasteiger partial charge in [0.1, 0.15) is 18.1 Å². The number of likely N-dealkylation sites (tertiary alicyclic amines) is 1. The summed E-state index contributed by atoms with van der Waals surface area (Å²) < 4.78 is 29.0. The molecule has 0 bridgehead atoms. The van der Waals surface area contributed by atoms with Gasteiger partial charge in [-0.05, 0) is 130 Å². The average Bonchev–Trinajstić information content (AvgIpc) is 4.24. The molecule has 7 atom stereocenters. The zero-order chi connectivity index (χ0) is 57.7. The number of nitrogens with one attached hydrogen (secondary N) is 4. The summed E-state index contributed by atoms with van der Waals surface area (Å²) in [5.41, 5.74) is 7.39. The molecule has 81 heavy (non-hydrogen) atoms. The largest absolute Gasteiger partial charge is 0.370 e. The fraction of sp³-hybridized carbons (Fsp3) is 0.567. The van der Waals surface area contributed by atoms with E-state index in [1.807, 2.05) is 11.0 Å². The number of ketones is 1. The van der Waals surface area contributed by atoms with Crippen LogP contribution in [-0.2, 0) is 50.8 Å². The molecule has 9 amide bonds. The zero-order valence-electron chi connectivity index (χ0n) is 46.0. The van der Waals surface area contributed by atoms with Gasteiger partial charge in [0.25, 0.3) is 17.7 Å². The predicted octanol–water partition coefficient (Wildman–Crippen LogP) is 5.90. The molecule has 5 aliphatic heterocycles. The molecule has 6 aliphatic rings. The van der Waals surface area contributed by atoms with E-state index in [2.05, 4.69) is 33.1 Å². The molecule has 1 unspecified atom stereocenters. The molecule has 0 spiro atoms. The van der Waals surface area contributed by atoms with Crippen LogP contribution in [0.15, 0.2) is 42.5 Å². The van der Waals surface area contributed by atoms with E-state index in [1.165, 1.54) is 41.0 Å². The second kappa shape index (κ2) is 25.4. The van der Waals surface area contributed by atoms with E-state index in [0.29, 0.717) is 60.3 Å². The Hall–Kier alpha value is -7.08. The van der Waals surface area contributed by atoms with Gasteiger partial charge in [0, 0.05) is 98.6 Å². The Morgan fingerprint density at radius 3 is 2.38 bits per heavy atom. The van der Waals surface area contributed by atoms with Gasteiger partial charge in [-0.15, -0.1) is 11.3 Å². The number of carbonyl (C=O) groups excluding carboxylic acids is 10. The van der Waals surface area contributed by atoms with Crippen molar-refractivity contribution in [1.29, 1.82) is 0 Å². The lowest BCUT2D eigenvalue weighted by molar-refractivity contribution is -0.144. The van der Waals surface area contributed by atoms with Gasteiger partial charge >= 0.3 is 0 Å². The monoisotopic (exact) mass is 1130 g/mol. The maximum atomic E-state index is 14.7. The number of fused-ring (bicyclic) bond motifs is 3. The van der Waals surface area contributed by atoms with Crippen LogP contribution in [0, 0.1) is 29.6 Å². The van der Waals surface area contributed by atoms with Crippen molar-refractivity contribution in [3.8, 4) is 11.8 Å². The quantitative estimate of drug-likeness (QED) is 0.0791. The summed E-state index contributed by atoms with van der Waals surface area (Å²) in [6.07, 6.45) is 8.59. The van der Waals surface area contributed by atoms with Crippen molar-refractivity contribution in [3.63, 3.8) is 0 Å². The Balaban J connectivity index is 0.840. The van der Waals surface area contributed by atoms with Crippen LogP contribution in [0.1, 0.15) is 173 Å². The third-order valence-corrected chi connectivity index (χ3v) is 18.5. The summed E-state index contributed by atoms with van der Waals surface area (Å²) in [5, 5.41) is 11.5. The fourth-order valence-electron chi connectivity index (χ4n) is 13.1. The van der Waals surface area contributed by atoms with E-state index in [9.17, 15) is 56.7 Å². The number of hydrogen-bond donors (Lipinski definition) is 5. The SMILES string of the molecule is CC(=O)N[C@H]1CC[C@H](NC(=O)c2cc3cc(C(C)(F)F)ccc3s2)C(=O)N2[C@H](CC[C@H]2C(=O)N[C@@H](CCC(N)=O)C(=O)C[C@H](C(=O)N2CCC(CCC#Cc3cccc4c3CN(C3CCC(=O)NC3=O)C4=O)CC2)C2CCCCC2)C1. The summed E-state index contributed by atoms with van der Waals surface area (Å²) in [4.78, 5) is 140. The molecule has 6 heterocycles. The highest BCUT2D eigenvalue weighted by Gasteiger charge is 2.47. The molecule has 2 aromatic carbocycles. The lowest BCUT2D eigenvalue weighted by Gasteiger charge is -2.38. The highest BCUT2D eigenvalue weighted by molar-refractivity contribution is 7.20. The number of rotatable bonds is 17. The average molecular weight is 1140 g/mol. The van der Waals surface area contributed by atoms with E-state index in [1.54, 1.807) is 12.1 Å². The van der Waals surface area contributed by atoms with Crippen molar-refractivity contribution in [2.75, 3.05) is 13.1 Å². The van der Waals surface area contributed by atoms with Crippen LogP contribution in [0.5, 0.6) is 0 Å². The van der Waals surface area contributed by atoms with Gasteiger partial charge in [-0.3, -0.25) is 53.3 Å². The standard InChI is InChI=1S/C60H72F2N8O10S/c1-34(71)64-40-16-18-46(66-56(77)51-30-38-29-39(60(2,61)62)15-22-50(38)81-51)59(80)70-41(31-40)17-20-48(70)55(76)65-45(19-23-52(63)73)49(72)32-43(36-10-4-3-5-11-36)57(78)68-27-25-35(26-28-68)9-6-7-12-37-13-8-14-42-44(37)33-69(58(42)79)47-21-24-53(74)67-54(47)75/h8,13-15,22,29-30,35-36,40-41,43,45-48H,3-6,9-11,16-21,23-28,31-33H2,1-2H3,(H2,63,73)(H,64,71)(H,65,76)(H,66,77)(H,67,74,75)/t40-,41+,43-,45-,46-,47?,48-/m0/s1. The number of Topliss-reactive ketones (excluding diaryl/α,β-unsaturated/α-hetero) is 1. The molecule has 21 heteroatoms. The van der Waals surface area contributed by atoms with Crippen molar-refractivity contribution in [1.82, 2.24) is 36.0 Å². The van der Waals surface area contributed by atoms with Crippen molar-refractivity contribution >= 4 is 80.4 Å². The number of carbonyl (C=O) groups is 10. The van der Waals surface area contributed by atoms with Gasteiger partial charge in [0.05, 0.1) is 10.9 Å². The summed E-state index contributed by atoms with van der Waals surface area (Å²) in [6, 6.07) is 5.99. The number of hydrogen-bond acceptors (Lipinski definition) is 11. The minimum absolute atomic E-state index is 0.0643. The lowest BCUT2D eigenvalue weighted by Crippen LogP contribution is -2.59. The molecule has 5 fully saturated rings. The number of primary amides is 1. The van der Waals surface area contributed by atoms with Crippen molar-refractivity contribution in [2.45, 2.75) is 185 Å². The molecule has 3 aromatic rings. The number of nitrogens with two attached hydrogens (primary N) is 1. The normalized spacial score (nSPS) is 23.5. The van der Waals surface area contributed by atoms with E-state index in [-0.39, 0.29) is 91.5 Å². The maximum absolute atomic E-state index is 14.7. The number of piperidine rings is 2. The highest BCUT2D eigenvalue weighted by atomic mass is 32.1.